The lowest BCUT2D eigenvalue weighted by Gasteiger charge is -2.34. The molecule has 8 nitrogen and oxygen atoms in total. The van der Waals surface area contributed by atoms with E-state index >= 15 is 0 Å². The SMILES string of the molecule is CNc1ncc(CN2CCOC[C@](CC(=O)N(C)C)(OC)C2)cn1. The van der Waals surface area contributed by atoms with Crippen molar-refractivity contribution >= 4 is 11.9 Å². The molecule has 24 heavy (non-hydrogen) atoms. The molecule has 1 atom stereocenters. The van der Waals surface area contributed by atoms with E-state index in [-0.39, 0.29) is 5.91 Å². The summed E-state index contributed by atoms with van der Waals surface area (Å²) in [5.74, 6) is 0.629. The fraction of sp³-hybridized carbons (Fsp3) is 0.688. The molecule has 1 N–H and O–H groups in total. The molecule has 0 aliphatic carbocycles. The van der Waals surface area contributed by atoms with Gasteiger partial charge in [0.15, 0.2) is 0 Å². The third-order valence-corrected chi connectivity index (χ3v) is 4.17. The van der Waals surface area contributed by atoms with Crippen LogP contribution in [0, 0.1) is 0 Å². The van der Waals surface area contributed by atoms with Gasteiger partial charge in [0.25, 0.3) is 0 Å². The number of ether oxygens (including phenoxy) is 2. The van der Waals surface area contributed by atoms with Crippen LogP contribution < -0.4 is 5.32 Å². The zero-order valence-corrected chi connectivity index (χ0v) is 14.9. The predicted molar refractivity (Wildman–Crippen MR) is 90.7 cm³/mol. The van der Waals surface area contributed by atoms with Crippen molar-refractivity contribution in [3.05, 3.63) is 18.0 Å². The number of anilines is 1. The molecule has 0 saturated carbocycles. The molecule has 2 rings (SSSR count). The van der Waals surface area contributed by atoms with E-state index in [1.165, 1.54) is 0 Å². The van der Waals surface area contributed by atoms with Crippen molar-refractivity contribution < 1.29 is 14.3 Å². The Hall–Kier alpha value is -1.77. The third kappa shape index (κ3) is 4.86. The number of hydrogen-bond acceptors (Lipinski definition) is 7. The minimum atomic E-state index is -0.635. The van der Waals surface area contributed by atoms with E-state index in [0.29, 0.717) is 38.7 Å². The monoisotopic (exact) mass is 337 g/mol. The number of rotatable bonds is 6. The van der Waals surface area contributed by atoms with Crippen molar-refractivity contribution in [1.82, 2.24) is 19.8 Å². The zero-order chi connectivity index (χ0) is 17.6. The van der Waals surface area contributed by atoms with E-state index in [9.17, 15) is 4.79 Å². The minimum Gasteiger partial charge on any atom is -0.377 e. The van der Waals surface area contributed by atoms with Gasteiger partial charge in [-0.05, 0) is 0 Å². The highest BCUT2D eigenvalue weighted by Gasteiger charge is 2.37. The highest BCUT2D eigenvalue weighted by molar-refractivity contribution is 5.76. The number of carbonyl (C=O) groups excluding carboxylic acids is 1. The van der Waals surface area contributed by atoms with Crippen LogP contribution in [0.25, 0.3) is 0 Å². The van der Waals surface area contributed by atoms with Gasteiger partial charge < -0.3 is 19.7 Å². The van der Waals surface area contributed by atoms with E-state index in [0.717, 1.165) is 12.1 Å². The molecule has 0 bridgehead atoms. The number of nitrogens with zero attached hydrogens (tertiary/aromatic N) is 4. The number of nitrogens with one attached hydrogen (secondary N) is 1. The van der Waals surface area contributed by atoms with Crippen LogP contribution in [0.3, 0.4) is 0 Å². The second-order valence-corrected chi connectivity index (χ2v) is 6.28. The Bertz CT molecular complexity index is 537. The van der Waals surface area contributed by atoms with E-state index in [1.807, 2.05) is 12.4 Å². The van der Waals surface area contributed by atoms with Crippen LogP contribution in [0.2, 0.25) is 0 Å². The number of carbonyl (C=O) groups is 1. The first-order valence-corrected chi connectivity index (χ1v) is 8.02. The van der Waals surface area contributed by atoms with Crippen LogP contribution in [0.4, 0.5) is 5.95 Å². The molecule has 1 amide bonds. The second-order valence-electron chi connectivity index (χ2n) is 6.28. The average Bonchev–Trinajstić information content (AvgIpc) is 2.78. The van der Waals surface area contributed by atoms with Gasteiger partial charge in [-0.2, -0.15) is 0 Å². The van der Waals surface area contributed by atoms with Crippen molar-refractivity contribution in [1.29, 1.82) is 0 Å². The second kappa shape index (κ2) is 8.36. The van der Waals surface area contributed by atoms with Crippen molar-refractivity contribution in [2.45, 2.75) is 18.6 Å². The molecule has 1 fully saturated rings. The lowest BCUT2D eigenvalue weighted by Crippen LogP contribution is -2.48. The van der Waals surface area contributed by atoms with Gasteiger partial charge in [0.1, 0.15) is 5.60 Å². The van der Waals surface area contributed by atoms with Crippen LogP contribution in [0.15, 0.2) is 12.4 Å². The molecule has 0 spiro atoms. The maximum Gasteiger partial charge on any atom is 0.225 e. The molecule has 2 heterocycles. The van der Waals surface area contributed by atoms with E-state index < -0.39 is 5.60 Å². The Kier molecular flexibility index (Phi) is 6.47. The molecule has 1 aromatic rings. The van der Waals surface area contributed by atoms with Crippen LogP contribution >= 0.6 is 0 Å². The summed E-state index contributed by atoms with van der Waals surface area (Å²) in [5, 5.41) is 2.90. The van der Waals surface area contributed by atoms with Gasteiger partial charge in [-0.1, -0.05) is 0 Å². The normalized spacial score (nSPS) is 22.0. The average molecular weight is 337 g/mol. The molecule has 1 aliphatic rings. The van der Waals surface area contributed by atoms with Gasteiger partial charge in [-0.25, -0.2) is 9.97 Å². The van der Waals surface area contributed by atoms with Crippen molar-refractivity contribution in [2.75, 3.05) is 59.9 Å². The first-order valence-electron chi connectivity index (χ1n) is 8.02. The highest BCUT2D eigenvalue weighted by atomic mass is 16.5. The molecule has 0 radical (unpaired) electrons. The molecule has 1 saturated heterocycles. The standard InChI is InChI=1S/C16H27N5O3/c1-17-15-18-8-13(9-19-15)10-21-5-6-24-12-16(11-21,23-4)7-14(22)20(2)3/h8-9H,5-7,10-12H2,1-4H3,(H,17,18,19)/t16-/m1/s1. The summed E-state index contributed by atoms with van der Waals surface area (Å²) in [6.45, 7) is 3.10. The topological polar surface area (TPSA) is 79.8 Å². The number of methoxy groups -OCH3 is 1. The van der Waals surface area contributed by atoms with Crippen LogP contribution in [0.1, 0.15) is 12.0 Å². The van der Waals surface area contributed by atoms with Gasteiger partial charge >= 0.3 is 0 Å². The smallest absolute Gasteiger partial charge is 0.225 e. The Labute approximate surface area is 143 Å². The number of hydrogen-bond donors (Lipinski definition) is 1. The van der Waals surface area contributed by atoms with Gasteiger partial charge in [-0.3, -0.25) is 9.69 Å². The minimum absolute atomic E-state index is 0.0315. The Morgan fingerprint density at radius 1 is 1.46 bits per heavy atom. The van der Waals surface area contributed by atoms with Crippen molar-refractivity contribution in [3.8, 4) is 0 Å². The van der Waals surface area contributed by atoms with Crippen LogP contribution in [0.5, 0.6) is 0 Å². The Morgan fingerprint density at radius 3 is 2.75 bits per heavy atom. The molecule has 1 aliphatic heterocycles. The first-order chi connectivity index (χ1) is 11.5. The number of aromatic nitrogens is 2. The molecular weight excluding hydrogens is 310 g/mol. The Balaban J connectivity index is 2.07. The third-order valence-electron chi connectivity index (χ3n) is 4.17. The van der Waals surface area contributed by atoms with Crippen molar-refractivity contribution in [2.24, 2.45) is 0 Å². The van der Waals surface area contributed by atoms with Crippen LogP contribution in [-0.4, -0.2) is 85.8 Å². The highest BCUT2D eigenvalue weighted by Crippen LogP contribution is 2.22. The molecule has 1 aromatic heterocycles. The lowest BCUT2D eigenvalue weighted by molar-refractivity contribution is -0.139. The van der Waals surface area contributed by atoms with Gasteiger partial charge in [0, 0.05) is 65.8 Å². The maximum absolute atomic E-state index is 12.2. The maximum atomic E-state index is 12.2. The van der Waals surface area contributed by atoms with Gasteiger partial charge in [0.2, 0.25) is 11.9 Å². The summed E-state index contributed by atoms with van der Waals surface area (Å²) in [5.41, 5.74) is 0.378. The molecule has 134 valence electrons. The van der Waals surface area contributed by atoms with E-state index in [2.05, 4.69) is 20.2 Å². The number of amides is 1. The van der Waals surface area contributed by atoms with Crippen LogP contribution in [-0.2, 0) is 20.8 Å². The quantitative estimate of drug-likeness (QED) is 0.795. The van der Waals surface area contributed by atoms with E-state index in [1.54, 1.807) is 33.2 Å². The van der Waals surface area contributed by atoms with Gasteiger partial charge in [0.05, 0.1) is 19.6 Å². The fourth-order valence-electron chi connectivity index (χ4n) is 2.68. The molecule has 0 aromatic carbocycles. The molecule has 0 unspecified atom stereocenters. The molecule has 8 heteroatoms. The van der Waals surface area contributed by atoms with E-state index in [4.69, 9.17) is 9.47 Å². The van der Waals surface area contributed by atoms with Gasteiger partial charge in [-0.15, -0.1) is 0 Å². The molecular formula is C16H27N5O3. The zero-order valence-electron chi connectivity index (χ0n) is 14.9. The largest absolute Gasteiger partial charge is 0.377 e. The summed E-state index contributed by atoms with van der Waals surface area (Å²) < 4.78 is 11.4. The first kappa shape index (κ1) is 18.6. The van der Waals surface area contributed by atoms with Crippen molar-refractivity contribution in [3.63, 3.8) is 0 Å². The summed E-state index contributed by atoms with van der Waals surface area (Å²) >= 11 is 0. The summed E-state index contributed by atoms with van der Waals surface area (Å²) in [6.07, 6.45) is 3.91. The lowest BCUT2D eigenvalue weighted by atomic mass is 9.98. The summed E-state index contributed by atoms with van der Waals surface area (Å²) in [4.78, 5) is 24.5. The Morgan fingerprint density at radius 2 is 2.17 bits per heavy atom. The fourth-order valence-corrected chi connectivity index (χ4v) is 2.68. The summed E-state index contributed by atoms with van der Waals surface area (Å²) in [6, 6.07) is 0. The summed E-state index contributed by atoms with van der Waals surface area (Å²) in [7, 11) is 6.93. The predicted octanol–water partition coefficient (Wildman–Crippen LogP) is 0.214.